The summed E-state index contributed by atoms with van der Waals surface area (Å²) in [6.45, 7) is -0.0993. The van der Waals surface area contributed by atoms with Crippen LogP contribution in [0.5, 0.6) is 11.8 Å². The molecule has 2 fully saturated rings. The Labute approximate surface area is 170 Å². The summed E-state index contributed by atoms with van der Waals surface area (Å²) in [5, 5.41) is 0. The molecule has 10 nitrogen and oxygen atoms in total. The summed E-state index contributed by atoms with van der Waals surface area (Å²) in [4.78, 5) is 32.8. The number of imide groups is 1. The lowest BCUT2D eigenvalue weighted by molar-refractivity contribution is -0.147. The lowest BCUT2D eigenvalue weighted by Gasteiger charge is -2.29. The predicted molar refractivity (Wildman–Crippen MR) is 103 cm³/mol. The number of nitrogens with one attached hydrogen (secondary N) is 1. The third kappa shape index (κ3) is 5.86. The summed E-state index contributed by atoms with van der Waals surface area (Å²) >= 11 is 0. The second kappa shape index (κ2) is 9.49. The van der Waals surface area contributed by atoms with E-state index in [0.29, 0.717) is 56.7 Å². The van der Waals surface area contributed by atoms with Gasteiger partial charge in [0.15, 0.2) is 0 Å². The molecule has 2 aliphatic rings. The van der Waals surface area contributed by atoms with Crippen molar-refractivity contribution < 1.29 is 27.5 Å². The average Bonchev–Trinajstić information content (AvgIpc) is 2.69. The van der Waals surface area contributed by atoms with Gasteiger partial charge >= 0.3 is 0 Å². The minimum absolute atomic E-state index is 0.0926. The van der Waals surface area contributed by atoms with E-state index < -0.39 is 10.0 Å². The zero-order valence-corrected chi connectivity index (χ0v) is 17.2. The Hall–Kier alpha value is -2.27. The maximum absolute atomic E-state index is 12.4. The fourth-order valence-electron chi connectivity index (χ4n) is 3.56. The Morgan fingerprint density at radius 2 is 1.69 bits per heavy atom. The lowest BCUT2D eigenvalue weighted by Crippen LogP contribution is -2.46. The van der Waals surface area contributed by atoms with E-state index in [1.807, 2.05) is 0 Å². The molecule has 2 amide bonds. The highest BCUT2D eigenvalue weighted by Crippen LogP contribution is 2.27. The van der Waals surface area contributed by atoms with Crippen molar-refractivity contribution in [3.8, 4) is 11.8 Å². The molecule has 160 valence electrons. The first kappa shape index (κ1) is 21.4. The topological polar surface area (TPSA) is 128 Å². The summed E-state index contributed by atoms with van der Waals surface area (Å²) in [6, 6.07) is -0.198. The molecule has 11 heteroatoms. The van der Waals surface area contributed by atoms with Crippen molar-refractivity contribution in [1.82, 2.24) is 19.6 Å². The summed E-state index contributed by atoms with van der Waals surface area (Å²) in [7, 11) is -2.10. The molecule has 1 aromatic rings. The summed E-state index contributed by atoms with van der Waals surface area (Å²) in [6.07, 6.45) is 6.63. The lowest BCUT2D eigenvalue weighted by atomic mass is 9.94. The van der Waals surface area contributed by atoms with Gasteiger partial charge in [0.1, 0.15) is 6.10 Å². The molecule has 0 aromatic carbocycles. The molecule has 1 saturated carbocycles. The van der Waals surface area contributed by atoms with Crippen molar-refractivity contribution in [2.75, 3.05) is 19.4 Å². The molecule has 1 aliphatic heterocycles. The minimum atomic E-state index is -3.59. The first-order valence-corrected chi connectivity index (χ1v) is 11.4. The maximum atomic E-state index is 12.4. The number of piperidine rings is 1. The second-order valence-corrected chi connectivity index (χ2v) is 9.07. The fourth-order valence-corrected chi connectivity index (χ4v) is 4.85. The summed E-state index contributed by atoms with van der Waals surface area (Å²) in [5.41, 5.74) is 0. The van der Waals surface area contributed by atoms with E-state index in [1.54, 1.807) is 0 Å². The maximum Gasteiger partial charge on any atom is 0.278 e. The molecule has 0 spiro atoms. The largest absolute Gasteiger partial charge is 0.477 e. The van der Waals surface area contributed by atoms with Crippen molar-refractivity contribution in [2.24, 2.45) is 0 Å². The van der Waals surface area contributed by atoms with Gasteiger partial charge in [0, 0.05) is 37.8 Å². The van der Waals surface area contributed by atoms with Crippen molar-refractivity contribution in [2.45, 2.75) is 57.1 Å². The number of hydrogen-bond acceptors (Lipinski definition) is 8. The quantitative estimate of drug-likeness (QED) is 0.600. The van der Waals surface area contributed by atoms with Gasteiger partial charge in [-0.05, 0) is 32.1 Å². The number of nitrogens with zero attached hydrogens (tertiary/aromatic N) is 3. The van der Waals surface area contributed by atoms with Gasteiger partial charge in [0.25, 0.3) is 11.8 Å². The van der Waals surface area contributed by atoms with Crippen LogP contribution in [0.2, 0.25) is 0 Å². The van der Waals surface area contributed by atoms with Crippen LogP contribution in [0, 0.1) is 0 Å². The monoisotopic (exact) mass is 426 g/mol. The highest BCUT2D eigenvalue weighted by atomic mass is 32.2. The number of ether oxygens (including phenoxy) is 2. The second-order valence-electron chi connectivity index (χ2n) is 7.19. The molecule has 29 heavy (non-hydrogen) atoms. The molecule has 1 aliphatic carbocycles. The van der Waals surface area contributed by atoms with E-state index in [0.717, 1.165) is 4.90 Å². The van der Waals surface area contributed by atoms with Gasteiger partial charge in [0.2, 0.25) is 21.8 Å². The number of likely N-dealkylation sites (tertiary alicyclic amines) is 1. The molecule has 0 bridgehead atoms. The SMILES string of the molecule is COc1nccnc1OC1CCC(NS(=O)(=O)CCN2C(=O)CCCC2=O)CC1. The first-order chi connectivity index (χ1) is 13.9. The minimum Gasteiger partial charge on any atom is -0.477 e. The van der Waals surface area contributed by atoms with Crippen LogP contribution in [-0.2, 0) is 19.6 Å². The fraction of sp³-hybridized carbons (Fsp3) is 0.667. The highest BCUT2D eigenvalue weighted by molar-refractivity contribution is 7.89. The third-order valence-corrected chi connectivity index (χ3v) is 6.50. The number of sulfonamides is 1. The van der Waals surface area contributed by atoms with Gasteiger partial charge in [-0.25, -0.2) is 23.1 Å². The first-order valence-electron chi connectivity index (χ1n) is 9.73. The number of methoxy groups -OCH3 is 1. The summed E-state index contributed by atoms with van der Waals surface area (Å²) < 4.78 is 38.4. The molecular formula is C18H26N4O6S. The van der Waals surface area contributed by atoms with Crippen molar-refractivity contribution in [3.05, 3.63) is 12.4 Å². The third-order valence-electron chi connectivity index (χ3n) is 5.09. The number of carbonyl (C=O) groups excluding carboxylic acids is 2. The molecule has 2 heterocycles. The van der Waals surface area contributed by atoms with Crippen LogP contribution in [0.25, 0.3) is 0 Å². The van der Waals surface area contributed by atoms with Gasteiger partial charge in [0.05, 0.1) is 12.9 Å². The molecular weight excluding hydrogens is 400 g/mol. The van der Waals surface area contributed by atoms with Gasteiger partial charge in [-0.15, -0.1) is 0 Å². The molecule has 0 unspecified atom stereocenters. The standard InChI is InChI=1S/C18H26N4O6S/c1-27-17-18(20-10-9-19-17)28-14-7-5-13(6-8-14)21-29(25,26)12-11-22-15(23)3-2-4-16(22)24/h9-10,13-14,21H,2-8,11-12H2,1H3. The molecule has 1 N–H and O–H groups in total. The number of rotatable bonds is 8. The predicted octanol–water partition coefficient (Wildman–Crippen LogP) is 0.634. The number of carbonyl (C=O) groups is 2. The van der Waals surface area contributed by atoms with E-state index in [2.05, 4.69) is 14.7 Å². The average molecular weight is 426 g/mol. The molecule has 0 radical (unpaired) electrons. The van der Waals surface area contributed by atoms with Crippen molar-refractivity contribution in [3.63, 3.8) is 0 Å². The van der Waals surface area contributed by atoms with Crippen LogP contribution in [-0.4, -0.2) is 66.7 Å². The van der Waals surface area contributed by atoms with Crippen molar-refractivity contribution >= 4 is 21.8 Å². The Kier molecular flexibility index (Phi) is 7.01. The van der Waals surface area contributed by atoms with E-state index in [-0.39, 0.29) is 36.3 Å². The number of aromatic nitrogens is 2. The van der Waals surface area contributed by atoms with E-state index in [9.17, 15) is 18.0 Å². The number of amides is 2. The molecule has 0 atom stereocenters. The Morgan fingerprint density at radius 1 is 1.07 bits per heavy atom. The van der Waals surface area contributed by atoms with Gasteiger partial charge in [-0.1, -0.05) is 0 Å². The Bertz CT molecular complexity index is 823. The number of hydrogen-bond donors (Lipinski definition) is 1. The zero-order valence-electron chi connectivity index (χ0n) is 16.4. The van der Waals surface area contributed by atoms with E-state index in [1.165, 1.54) is 19.5 Å². The molecule has 3 rings (SSSR count). The normalized spacial score (nSPS) is 23.1. The van der Waals surface area contributed by atoms with Gasteiger partial charge in [-0.2, -0.15) is 0 Å². The van der Waals surface area contributed by atoms with Crippen LogP contribution in [0.15, 0.2) is 12.4 Å². The smallest absolute Gasteiger partial charge is 0.278 e. The van der Waals surface area contributed by atoms with Crippen LogP contribution >= 0.6 is 0 Å². The Morgan fingerprint density at radius 3 is 2.31 bits per heavy atom. The Balaban J connectivity index is 1.45. The molecule has 1 aromatic heterocycles. The van der Waals surface area contributed by atoms with Crippen LogP contribution < -0.4 is 14.2 Å². The van der Waals surface area contributed by atoms with Gasteiger partial charge < -0.3 is 9.47 Å². The highest BCUT2D eigenvalue weighted by Gasteiger charge is 2.30. The van der Waals surface area contributed by atoms with E-state index >= 15 is 0 Å². The van der Waals surface area contributed by atoms with Gasteiger partial charge in [-0.3, -0.25) is 14.5 Å². The van der Waals surface area contributed by atoms with Crippen LogP contribution in [0.1, 0.15) is 44.9 Å². The van der Waals surface area contributed by atoms with Crippen molar-refractivity contribution in [1.29, 1.82) is 0 Å². The van der Waals surface area contributed by atoms with E-state index in [4.69, 9.17) is 9.47 Å². The molecule has 1 saturated heterocycles. The van der Waals surface area contributed by atoms with Crippen LogP contribution in [0.3, 0.4) is 0 Å². The van der Waals surface area contributed by atoms with Crippen LogP contribution in [0.4, 0.5) is 0 Å². The zero-order chi connectivity index (χ0) is 20.9. The summed E-state index contributed by atoms with van der Waals surface area (Å²) in [5.74, 6) is -0.230.